The highest BCUT2D eigenvalue weighted by Crippen LogP contribution is 2.35. The van der Waals surface area contributed by atoms with E-state index in [0.29, 0.717) is 28.4 Å². The molecule has 0 bridgehead atoms. The number of aromatic nitrogens is 1. The number of hydrogen-bond acceptors (Lipinski definition) is 4. The molecular formula is C22H18F3N3OS. The van der Waals surface area contributed by atoms with E-state index in [9.17, 15) is 18.3 Å². The Labute approximate surface area is 175 Å². The summed E-state index contributed by atoms with van der Waals surface area (Å²) in [7, 11) is 0. The number of benzene rings is 2. The Morgan fingerprint density at radius 3 is 2.67 bits per heavy atom. The Bertz CT molecular complexity index is 1150. The van der Waals surface area contributed by atoms with E-state index >= 15 is 0 Å². The topological polar surface area (TPSA) is 60.2 Å². The lowest BCUT2D eigenvalue weighted by atomic mass is 10.1. The number of aliphatic hydroxyl groups excluding tert-OH is 1. The second-order valence-electron chi connectivity index (χ2n) is 7.13. The minimum absolute atomic E-state index is 0.0394. The van der Waals surface area contributed by atoms with Gasteiger partial charge >= 0.3 is 6.18 Å². The normalized spacial score (nSPS) is 14.7. The number of halogens is 3. The Balaban J connectivity index is 1.57. The Morgan fingerprint density at radius 2 is 1.93 bits per heavy atom. The van der Waals surface area contributed by atoms with Crippen molar-refractivity contribution >= 4 is 22.7 Å². The molecule has 2 N–H and O–H groups in total. The monoisotopic (exact) mass is 429 g/mol. The van der Waals surface area contributed by atoms with E-state index in [1.807, 2.05) is 31.2 Å². The van der Waals surface area contributed by atoms with Gasteiger partial charge < -0.3 is 10.0 Å². The van der Waals surface area contributed by atoms with Gasteiger partial charge in [-0.3, -0.25) is 5.41 Å². The molecule has 4 rings (SSSR count). The Hall–Kier alpha value is -3.13. The molecule has 1 aliphatic heterocycles. The van der Waals surface area contributed by atoms with E-state index in [2.05, 4.69) is 4.98 Å². The van der Waals surface area contributed by atoms with Crippen LogP contribution in [-0.4, -0.2) is 27.4 Å². The lowest BCUT2D eigenvalue weighted by Crippen LogP contribution is -2.26. The molecular weight excluding hydrogens is 411 g/mol. The summed E-state index contributed by atoms with van der Waals surface area (Å²) in [5, 5.41) is 21.0. The van der Waals surface area contributed by atoms with Crippen molar-refractivity contribution in [3.8, 4) is 11.3 Å². The van der Waals surface area contributed by atoms with Crippen molar-refractivity contribution in [2.75, 3.05) is 6.54 Å². The van der Waals surface area contributed by atoms with Gasteiger partial charge in [-0.2, -0.15) is 13.2 Å². The summed E-state index contributed by atoms with van der Waals surface area (Å²) in [6, 6.07) is 12.9. The second kappa shape index (κ2) is 7.60. The van der Waals surface area contributed by atoms with Gasteiger partial charge in [-0.05, 0) is 24.6 Å². The number of nitrogens with zero attached hydrogens (tertiary/aromatic N) is 2. The largest absolute Gasteiger partial charge is 0.510 e. The predicted octanol–water partition coefficient (Wildman–Crippen LogP) is 5.90. The van der Waals surface area contributed by atoms with E-state index in [0.717, 1.165) is 23.3 Å². The van der Waals surface area contributed by atoms with E-state index in [4.69, 9.17) is 5.41 Å². The highest BCUT2D eigenvalue weighted by atomic mass is 32.1. The van der Waals surface area contributed by atoms with Crippen LogP contribution >= 0.6 is 11.3 Å². The van der Waals surface area contributed by atoms with Gasteiger partial charge in [0.1, 0.15) is 16.6 Å². The lowest BCUT2D eigenvalue weighted by molar-refractivity contribution is -0.137. The maximum atomic E-state index is 13.0. The number of nitrogens with one attached hydrogen (secondary N) is 1. The van der Waals surface area contributed by atoms with Crippen molar-refractivity contribution in [3.63, 3.8) is 0 Å². The molecule has 0 saturated carbocycles. The van der Waals surface area contributed by atoms with Gasteiger partial charge in [-0.25, -0.2) is 4.98 Å². The van der Waals surface area contributed by atoms with Gasteiger partial charge in [0.05, 0.1) is 23.4 Å². The number of rotatable bonds is 4. The highest BCUT2D eigenvalue weighted by Gasteiger charge is 2.32. The maximum Gasteiger partial charge on any atom is 0.416 e. The van der Waals surface area contributed by atoms with Crippen molar-refractivity contribution in [3.05, 3.63) is 81.4 Å². The maximum absolute atomic E-state index is 13.0. The number of thiazole rings is 1. The summed E-state index contributed by atoms with van der Waals surface area (Å²) < 4.78 is 39.0. The Kier molecular flexibility index (Phi) is 5.11. The van der Waals surface area contributed by atoms with E-state index in [1.165, 1.54) is 17.4 Å². The van der Waals surface area contributed by atoms with Crippen molar-refractivity contribution in [1.82, 2.24) is 9.88 Å². The number of hydrogen-bond donors (Lipinski definition) is 2. The third-order valence-corrected chi connectivity index (χ3v) is 5.70. The second-order valence-corrected chi connectivity index (χ2v) is 7.99. The fraction of sp³-hybridized carbons (Fsp3) is 0.182. The molecule has 2 aromatic carbocycles. The molecule has 1 aliphatic rings. The average Bonchev–Trinajstić information content (AvgIpc) is 3.26. The van der Waals surface area contributed by atoms with Crippen molar-refractivity contribution in [2.45, 2.75) is 19.6 Å². The summed E-state index contributed by atoms with van der Waals surface area (Å²) in [6.07, 6.45) is -4.43. The van der Waals surface area contributed by atoms with Gasteiger partial charge in [0.25, 0.3) is 0 Å². The van der Waals surface area contributed by atoms with Gasteiger partial charge in [0.15, 0.2) is 0 Å². The van der Waals surface area contributed by atoms with Crippen molar-refractivity contribution in [1.29, 1.82) is 5.41 Å². The van der Waals surface area contributed by atoms with Crippen LogP contribution in [0.15, 0.2) is 59.7 Å². The first kappa shape index (κ1) is 20.2. The highest BCUT2D eigenvalue weighted by molar-refractivity contribution is 7.11. The van der Waals surface area contributed by atoms with Crippen LogP contribution in [0.1, 0.15) is 21.7 Å². The third kappa shape index (κ3) is 3.95. The zero-order valence-electron chi connectivity index (χ0n) is 16.0. The minimum Gasteiger partial charge on any atom is -0.510 e. The molecule has 0 radical (unpaired) electrons. The molecule has 0 amide bonds. The predicted molar refractivity (Wildman–Crippen MR) is 111 cm³/mol. The quantitative estimate of drug-likeness (QED) is 0.543. The van der Waals surface area contributed by atoms with Gasteiger partial charge in [0, 0.05) is 17.5 Å². The molecule has 1 aromatic heterocycles. The Morgan fingerprint density at radius 1 is 1.17 bits per heavy atom. The number of aliphatic hydroxyl groups is 1. The summed E-state index contributed by atoms with van der Waals surface area (Å²) in [5.74, 6) is 0.191. The van der Waals surface area contributed by atoms with Gasteiger partial charge in [0.2, 0.25) is 0 Å². The zero-order chi connectivity index (χ0) is 21.5. The van der Waals surface area contributed by atoms with Crippen LogP contribution in [0.2, 0.25) is 0 Å². The number of alkyl halides is 3. The van der Waals surface area contributed by atoms with Gasteiger partial charge in [-0.1, -0.05) is 42.0 Å². The fourth-order valence-corrected chi connectivity index (χ4v) is 4.30. The van der Waals surface area contributed by atoms with Crippen molar-refractivity contribution in [2.24, 2.45) is 0 Å². The first-order chi connectivity index (χ1) is 14.2. The molecule has 0 aliphatic carbocycles. The third-order valence-electron chi connectivity index (χ3n) is 4.84. The zero-order valence-corrected chi connectivity index (χ0v) is 16.8. The van der Waals surface area contributed by atoms with E-state index in [1.54, 1.807) is 16.3 Å². The van der Waals surface area contributed by atoms with E-state index in [-0.39, 0.29) is 18.1 Å². The molecule has 8 heteroatoms. The van der Waals surface area contributed by atoms with Crippen LogP contribution in [0, 0.1) is 12.3 Å². The SMILES string of the molecule is Cc1cccc(CN2CC(O)=C(c3nc(-c4cccc(C(F)(F)F)c4)cs3)C2=N)c1. The first-order valence-electron chi connectivity index (χ1n) is 9.17. The summed E-state index contributed by atoms with van der Waals surface area (Å²) in [6.45, 7) is 2.66. The van der Waals surface area contributed by atoms with Gasteiger partial charge in [-0.15, -0.1) is 11.3 Å². The smallest absolute Gasteiger partial charge is 0.416 e. The molecule has 2 heterocycles. The summed E-state index contributed by atoms with van der Waals surface area (Å²) >= 11 is 1.20. The van der Waals surface area contributed by atoms with Crippen LogP contribution in [0.5, 0.6) is 0 Å². The number of amidine groups is 1. The van der Waals surface area contributed by atoms with Crippen LogP contribution in [-0.2, 0) is 12.7 Å². The molecule has 4 nitrogen and oxygen atoms in total. The molecule has 0 unspecified atom stereocenters. The molecule has 30 heavy (non-hydrogen) atoms. The van der Waals surface area contributed by atoms with Crippen LogP contribution in [0.25, 0.3) is 16.8 Å². The molecule has 0 atom stereocenters. The average molecular weight is 429 g/mol. The van der Waals surface area contributed by atoms with Crippen LogP contribution in [0.3, 0.4) is 0 Å². The molecule has 154 valence electrons. The molecule has 0 saturated heterocycles. The van der Waals surface area contributed by atoms with Crippen LogP contribution < -0.4 is 0 Å². The molecule has 0 fully saturated rings. The fourth-order valence-electron chi connectivity index (χ4n) is 3.40. The summed E-state index contributed by atoms with van der Waals surface area (Å²) in [4.78, 5) is 6.15. The van der Waals surface area contributed by atoms with E-state index < -0.39 is 11.7 Å². The minimum atomic E-state index is -4.43. The van der Waals surface area contributed by atoms with Crippen LogP contribution in [0.4, 0.5) is 13.2 Å². The first-order valence-corrected chi connectivity index (χ1v) is 10.1. The molecule has 3 aromatic rings. The lowest BCUT2D eigenvalue weighted by Gasteiger charge is -2.18. The van der Waals surface area contributed by atoms with Crippen molar-refractivity contribution < 1.29 is 18.3 Å². The standard InChI is InChI=1S/C22H18F3N3OS/c1-13-4-2-5-14(8-13)10-28-11-18(29)19(20(28)26)21-27-17(12-30-21)15-6-3-7-16(9-15)22(23,24)25/h2-9,12,26,29H,10-11H2,1H3. The number of aryl methyl sites for hydroxylation is 1. The molecule has 0 spiro atoms. The summed E-state index contributed by atoms with van der Waals surface area (Å²) in [5.41, 5.74) is 2.44.